The Kier molecular flexibility index (Phi) is 4.85. The molecule has 0 saturated heterocycles. The van der Waals surface area contributed by atoms with Crippen LogP contribution < -0.4 is 5.32 Å². The Balaban J connectivity index is 1.85. The van der Waals surface area contributed by atoms with Crippen LogP contribution in [0.1, 0.15) is 43.8 Å². The predicted molar refractivity (Wildman–Crippen MR) is 91.2 cm³/mol. The first-order valence-corrected chi connectivity index (χ1v) is 8.71. The molecule has 1 N–H and O–H groups in total. The Bertz CT molecular complexity index is 847. The highest BCUT2D eigenvalue weighted by Crippen LogP contribution is 2.32. The Labute approximate surface area is 147 Å². The van der Waals surface area contributed by atoms with E-state index in [1.807, 2.05) is 6.07 Å². The number of halogens is 2. The van der Waals surface area contributed by atoms with Gasteiger partial charge in [-0.1, -0.05) is 6.92 Å². The van der Waals surface area contributed by atoms with Crippen LogP contribution >= 0.6 is 11.3 Å². The molecule has 25 heavy (non-hydrogen) atoms. The second kappa shape index (κ2) is 6.92. The Morgan fingerprint density at radius 1 is 1.24 bits per heavy atom. The molecule has 132 valence electrons. The van der Waals surface area contributed by atoms with Crippen LogP contribution in [-0.2, 0) is 17.6 Å². The molecule has 0 fully saturated rings. The van der Waals surface area contributed by atoms with Gasteiger partial charge in [-0.3, -0.25) is 4.79 Å². The molecule has 4 nitrogen and oxygen atoms in total. The van der Waals surface area contributed by atoms with Crippen molar-refractivity contribution in [1.82, 2.24) is 0 Å². The maximum absolute atomic E-state index is 13.9. The third-order valence-electron chi connectivity index (χ3n) is 4.26. The van der Waals surface area contributed by atoms with Gasteiger partial charge in [0.25, 0.3) is 5.91 Å². The van der Waals surface area contributed by atoms with Crippen molar-refractivity contribution in [3.63, 3.8) is 0 Å². The molecule has 1 amide bonds. The van der Waals surface area contributed by atoms with E-state index in [1.54, 1.807) is 0 Å². The summed E-state index contributed by atoms with van der Waals surface area (Å²) in [5, 5.41) is 2.42. The quantitative estimate of drug-likeness (QED) is 0.830. The minimum atomic E-state index is -1.04. The van der Waals surface area contributed by atoms with E-state index in [0.29, 0.717) is 16.9 Å². The number of aryl methyl sites for hydroxylation is 1. The molecule has 3 rings (SSSR count). The van der Waals surface area contributed by atoms with E-state index in [9.17, 15) is 18.4 Å². The first-order valence-electron chi connectivity index (χ1n) is 7.89. The van der Waals surface area contributed by atoms with Crippen LogP contribution in [0.5, 0.6) is 0 Å². The molecule has 1 aliphatic rings. The molecule has 0 saturated carbocycles. The van der Waals surface area contributed by atoms with Crippen LogP contribution in [-0.4, -0.2) is 19.0 Å². The molecule has 1 heterocycles. The van der Waals surface area contributed by atoms with Gasteiger partial charge in [0.2, 0.25) is 0 Å². The van der Waals surface area contributed by atoms with Gasteiger partial charge in [-0.15, -0.1) is 11.3 Å². The van der Waals surface area contributed by atoms with E-state index < -0.39 is 29.1 Å². The molecule has 0 spiro atoms. The van der Waals surface area contributed by atoms with Crippen molar-refractivity contribution in [2.45, 2.75) is 26.2 Å². The van der Waals surface area contributed by atoms with E-state index in [1.165, 1.54) is 16.2 Å². The number of benzene rings is 1. The Hall–Kier alpha value is -2.28. The highest BCUT2D eigenvalue weighted by molar-refractivity contribution is 7.14. The summed E-state index contributed by atoms with van der Waals surface area (Å²) >= 11 is 1.39. The standard InChI is InChI=1S/C18H17F2NO3S/c1-9-3-4-15-10(5-9)6-16(25-15)17(22)21-14-7-11(18(23)24-2)12(19)8-13(14)20/h6-9H,3-5H2,1-2H3,(H,21,22). The van der Waals surface area contributed by atoms with Crippen molar-refractivity contribution in [3.05, 3.63) is 50.7 Å². The molecular formula is C18H17F2NO3S. The normalized spacial score (nSPS) is 16.2. The molecule has 1 unspecified atom stereocenters. The van der Waals surface area contributed by atoms with Crippen molar-refractivity contribution in [2.75, 3.05) is 12.4 Å². The van der Waals surface area contributed by atoms with Crippen molar-refractivity contribution in [2.24, 2.45) is 5.92 Å². The van der Waals surface area contributed by atoms with Gasteiger partial charge in [-0.2, -0.15) is 0 Å². The zero-order chi connectivity index (χ0) is 18.1. The number of carbonyl (C=O) groups excluding carboxylic acids is 2. The first kappa shape index (κ1) is 17.5. The van der Waals surface area contributed by atoms with Crippen LogP contribution in [0.25, 0.3) is 0 Å². The monoisotopic (exact) mass is 365 g/mol. The SMILES string of the molecule is COC(=O)c1cc(NC(=O)c2cc3c(s2)CCC(C)C3)c(F)cc1F. The summed E-state index contributed by atoms with van der Waals surface area (Å²) in [5.41, 5.74) is 0.466. The van der Waals surface area contributed by atoms with E-state index in [2.05, 4.69) is 17.0 Å². The van der Waals surface area contributed by atoms with Crippen LogP contribution in [0.4, 0.5) is 14.5 Å². The van der Waals surface area contributed by atoms with Gasteiger partial charge in [0.15, 0.2) is 0 Å². The van der Waals surface area contributed by atoms with Gasteiger partial charge in [0.1, 0.15) is 11.6 Å². The summed E-state index contributed by atoms with van der Waals surface area (Å²) in [4.78, 5) is 25.6. The number of rotatable bonds is 3. The minimum absolute atomic E-state index is 0.258. The molecule has 0 bridgehead atoms. The lowest BCUT2D eigenvalue weighted by Gasteiger charge is -2.16. The van der Waals surface area contributed by atoms with E-state index in [0.717, 1.165) is 38.0 Å². The second-order valence-corrected chi connectivity index (χ2v) is 7.30. The summed E-state index contributed by atoms with van der Waals surface area (Å²) in [6.45, 7) is 2.17. The highest BCUT2D eigenvalue weighted by atomic mass is 32.1. The molecular weight excluding hydrogens is 348 g/mol. The second-order valence-electron chi connectivity index (χ2n) is 6.16. The number of ether oxygens (including phenoxy) is 1. The molecule has 1 aromatic heterocycles. The number of anilines is 1. The number of carbonyl (C=O) groups is 2. The average Bonchev–Trinajstić information content (AvgIpc) is 2.99. The summed E-state index contributed by atoms with van der Waals surface area (Å²) in [7, 11) is 1.10. The first-order chi connectivity index (χ1) is 11.9. The Morgan fingerprint density at radius 3 is 2.72 bits per heavy atom. The minimum Gasteiger partial charge on any atom is -0.465 e. The van der Waals surface area contributed by atoms with Gasteiger partial charge in [-0.25, -0.2) is 13.6 Å². The average molecular weight is 365 g/mol. The smallest absolute Gasteiger partial charge is 0.340 e. The van der Waals surface area contributed by atoms with Crippen molar-refractivity contribution < 1.29 is 23.1 Å². The molecule has 2 aromatic rings. The summed E-state index contributed by atoms with van der Waals surface area (Å²) in [6, 6.07) is 3.33. The maximum Gasteiger partial charge on any atom is 0.340 e. The molecule has 1 aromatic carbocycles. The third-order valence-corrected chi connectivity index (χ3v) is 5.50. The summed E-state index contributed by atoms with van der Waals surface area (Å²) in [5.74, 6) is -2.83. The van der Waals surface area contributed by atoms with Gasteiger partial charge >= 0.3 is 5.97 Å². The number of nitrogens with one attached hydrogen (secondary N) is 1. The van der Waals surface area contributed by atoms with Gasteiger partial charge < -0.3 is 10.1 Å². The van der Waals surface area contributed by atoms with E-state index in [-0.39, 0.29) is 5.69 Å². The molecule has 0 aliphatic heterocycles. The maximum atomic E-state index is 13.9. The fourth-order valence-corrected chi connectivity index (χ4v) is 4.02. The number of esters is 1. The number of hydrogen-bond donors (Lipinski definition) is 1. The zero-order valence-electron chi connectivity index (χ0n) is 13.8. The summed E-state index contributed by atoms with van der Waals surface area (Å²) in [6.07, 6.45) is 2.95. The fraction of sp³-hybridized carbons (Fsp3) is 0.333. The number of amides is 1. The number of methoxy groups -OCH3 is 1. The van der Waals surface area contributed by atoms with Crippen LogP contribution in [0.15, 0.2) is 18.2 Å². The van der Waals surface area contributed by atoms with Crippen LogP contribution in [0.2, 0.25) is 0 Å². The molecule has 0 radical (unpaired) electrons. The zero-order valence-corrected chi connectivity index (χ0v) is 14.6. The molecule has 1 atom stereocenters. The molecule has 1 aliphatic carbocycles. The van der Waals surface area contributed by atoms with Crippen LogP contribution in [0, 0.1) is 17.6 Å². The van der Waals surface area contributed by atoms with Crippen LogP contribution in [0.3, 0.4) is 0 Å². The van der Waals surface area contributed by atoms with Crippen molar-refractivity contribution in [3.8, 4) is 0 Å². The van der Waals surface area contributed by atoms with E-state index >= 15 is 0 Å². The largest absolute Gasteiger partial charge is 0.465 e. The lowest BCUT2D eigenvalue weighted by atomic mass is 9.90. The highest BCUT2D eigenvalue weighted by Gasteiger charge is 2.22. The van der Waals surface area contributed by atoms with Crippen molar-refractivity contribution >= 4 is 28.9 Å². The number of fused-ring (bicyclic) bond motifs is 1. The summed E-state index contributed by atoms with van der Waals surface area (Å²) < 4.78 is 32.1. The fourth-order valence-electron chi connectivity index (χ4n) is 2.91. The molecule has 7 heteroatoms. The van der Waals surface area contributed by atoms with Gasteiger partial charge in [-0.05, 0) is 42.9 Å². The lowest BCUT2D eigenvalue weighted by molar-refractivity contribution is 0.0595. The van der Waals surface area contributed by atoms with Crippen molar-refractivity contribution in [1.29, 1.82) is 0 Å². The lowest BCUT2D eigenvalue weighted by Crippen LogP contribution is -2.14. The number of hydrogen-bond acceptors (Lipinski definition) is 4. The number of thiophene rings is 1. The van der Waals surface area contributed by atoms with Gasteiger partial charge in [0.05, 0.1) is 23.2 Å². The third kappa shape index (κ3) is 3.56. The van der Waals surface area contributed by atoms with Gasteiger partial charge in [0, 0.05) is 10.9 Å². The Morgan fingerprint density at radius 2 is 2.00 bits per heavy atom. The topological polar surface area (TPSA) is 55.4 Å². The predicted octanol–water partition coefficient (Wildman–Crippen LogP) is 4.19. The van der Waals surface area contributed by atoms with E-state index in [4.69, 9.17) is 0 Å².